The zero-order valence-electron chi connectivity index (χ0n) is 20.7. The highest BCUT2D eigenvalue weighted by Gasteiger charge is 2.18. The molecule has 0 saturated heterocycles. The molecule has 0 bridgehead atoms. The van der Waals surface area contributed by atoms with Crippen molar-refractivity contribution in [3.05, 3.63) is 82.6 Å². The van der Waals surface area contributed by atoms with E-state index in [4.69, 9.17) is 9.72 Å². The van der Waals surface area contributed by atoms with E-state index in [1.807, 2.05) is 49.4 Å². The van der Waals surface area contributed by atoms with E-state index in [2.05, 4.69) is 29.4 Å². The first kappa shape index (κ1) is 25.1. The average Bonchev–Trinajstić information content (AvgIpc) is 3.31. The van der Waals surface area contributed by atoms with Crippen LogP contribution in [0.15, 0.2) is 76.7 Å². The highest BCUT2D eigenvalue weighted by atomic mass is 32.2. The summed E-state index contributed by atoms with van der Waals surface area (Å²) in [6.45, 7) is 4.34. The summed E-state index contributed by atoms with van der Waals surface area (Å²) in [5.41, 5.74) is 4.37. The number of carbonyl (C=O) groups excluding carboxylic acids is 1. The van der Waals surface area contributed by atoms with Crippen molar-refractivity contribution in [2.24, 2.45) is 0 Å². The van der Waals surface area contributed by atoms with Crippen molar-refractivity contribution in [3.8, 4) is 10.6 Å². The molecule has 2 heterocycles. The number of rotatable bonds is 8. The number of aryl methyl sites for hydroxylation is 1. The lowest BCUT2D eigenvalue weighted by Crippen LogP contribution is -2.29. The molecule has 7 nitrogen and oxygen atoms in total. The Balaban J connectivity index is 1.30. The average molecular weight is 531 g/mol. The molecule has 0 spiro atoms. The Morgan fingerprint density at radius 2 is 1.86 bits per heavy atom. The zero-order valence-corrected chi connectivity index (χ0v) is 22.4. The van der Waals surface area contributed by atoms with E-state index >= 15 is 0 Å². The van der Waals surface area contributed by atoms with E-state index in [0.717, 1.165) is 20.8 Å². The molecule has 0 saturated carbocycles. The van der Waals surface area contributed by atoms with Crippen LogP contribution < -0.4 is 10.9 Å². The largest absolute Gasteiger partial charge is 0.383 e. The fourth-order valence-corrected chi connectivity index (χ4v) is 6.08. The minimum atomic E-state index is -0.223. The van der Waals surface area contributed by atoms with Gasteiger partial charge in [0.2, 0.25) is 5.91 Å². The highest BCUT2D eigenvalue weighted by Crippen LogP contribution is 2.31. The third kappa shape index (κ3) is 5.44. The van der Waals surface area contributed by atoms with Gasteiger partial charge >= 0.3 is 0 Å². The predicted molar refractivity (Wildman–Crippen MR) is 152 cm³/mol. The number of fused-ring (bicyclic) bond motifs is 2. The van der Waals surface area contributed by atoms with Gasteiger partial charge in [-0.25, -0.2) is 9.97 Å². The number of aromatic nitrogens is 3. The summed E-state index contributed by atoms with van der Waals surface area (Å²) in [7, 11) is 1.60. The second-order valence-electron chi connectivity index (χ2n) is 8.80. The molecule has 0 aliphatic carbocycles. The van der Waals surface area contributed by atoms with Gasteiger partial charge in [0.1, 0.15) is 5.01 Å². The first-order valence-electron chi connectivity index (χ1n) is 11.8. The predicted octanol–water partition coefficient (Wildman–Crippen LogP) is 5.92. The molecule has 2 aromatic heterocycles. The summed E-state index contributed by atoms with van der Waals surface area (Å²) < 4.78 is 8.04. The Morgan fingerprint density at radius 3 is 2.65 bits per heavy atom. The molecule has 188 valence electrons. The number of hydrogen-bond donors (Lipinski definition) is 1. The molecule has 0 unspecified atom stereocenters. The van der Waals surface area contributed by atoms with Crippen molar-refractivity contribution in [1.82, 2.24) is 14.5 Å². The smallest absolute Gasteiger partial charge is 0.262 e. The van der Waals surface area contributed by atoms with Crippen LogP contribution in [0.1, 0.15) is 18.5 Å². The van der Waals surface area contributed by atoms with Crippen LogP contribution in [0.4, 0.5) is 5.69 Å². The Morgan fingerprint density at radius 1 is 1.08 bits per heavy atom. The van der Waals surface area contributed by atoms with Crippen molar-refractivity contribution in [2.75, 3.05) is 24.8 Å². The SMILES string of the molecule is COC[C@H](C)n1c(SCC(=O)Nc2ccc(-c3nc4ccc(C)cc4s3)cc2)nc2ccccc2c1=O. The fourth-order valence-electron chi connectivity index (χ4n) is 4.11. The maximum absolute atomic E-state index is 13.2. The Hall–Kier alpha value is -3.53. The van der Waals surface area contributed by atoms with Crippen molar-refractivity contribution < 1.29 is 9.53 Å². The van der Waals surface area contributed by atoms with Crippen LogP contribution in [0.25, 0.3) is 31.7 Å². The van der Waals surface area contributed by atoms with Crippen LogP contribution in [-0.4, -0.2) is 39.9 Å². The van der Waals surface area contributed by atoms with Crippen LogP contribution in [0.5, 0.6) is 0 Å². The molecule has 0 aliphatic rings. The summed E-state index contributed by atoms with van der Waals surface area (Å²) in [4.78, 5) is 35.3. The van der Waals surface area contributed by atoms with Crippen molar-refractivity contribution in [1.29, 1.82) is 0 Å². The summed E-state index contributed by atoms with van der Waals surface area (Å²) in [6, 6.07) is 20.9. The van der Waals surface area contributed by atoms with Gasteiger partial charge in [0.15, 0.2) is 5.16 Å². The number of para-hydroxylation sites is 1. The summed E-state index contributed by atoms with van der Waals surface area (Å²) in [5, 5.41) is 4.91. The topological polar surface area (TPSA) is 86.1 Å². The van der Waals surface area contributed by atoms with Gasteiger partial charge in [0.25, 0.3) is 5.56 Å². The molecule has 0 radical (unpaired) electrons. The number of benzene rings is 3. The van der Waals surface area contributed by atoms with E-state index in [1.54, 1.807) is 35.1 Å². The third-order valence-corrected chi connectivity index (χ3v) is 7.94. The second-order valence-corrected chi connectivity index (χ2v) is 10.8. The lowest BCUT2D eigenvalue weighted by Gasteiger charge is -2.18. The molecule has 1 atom stereocenters. The maximum Gasteiger partial charge on any atom is 0.262 e. The van der Waals surface area contributed by atoms with Crippen LogP contribution >= 0.6 is 23.1 Å². The quantitative estimate of drug-likeness (QED) is 0.198. The molecular weight excluding hydrogens is 504 g/mol. The Bertz CT molecular complexity index is 1640. The molecule has 3 aromatic carbocycles. The molecule has 0 aliphatic heterocycles. The second kappa shape index (κ2) is 10.8. The molecule has 1 N–H and O–H groups in total. The Labute approximate surface area is 222 Å². The van der Waals surface area contributed by atoms with Crippen LogP contribution in [0, 0.1) is 6.92 Å². The van der Waals surface area contributed by atoms with Gasteiger partial charge < -0.3 is 10.1 Å². The van der Waals surface area contributed by atoms with E-state index in [-0.39, 0.29) is 23.3 Å². The summed E-state index contributed by atoms with van der Waals surface area (Å²) in [6.07, 6.45) is 0. The van der Waals surface area contributed by atoms with Gasteiger partial charge in [-0.05, 0) is 67.9 Å². The van der Waals surface area contributed by atoms with Gasteiger partial charge in [0, 0.05) is 18.4 Å². The van der Waals surface area contributed by atoms with E-state index < -0.39 is 0 Å². The van der Waals surface area contributed by atoms with Crippen molar-refractivity contribution in [2.45, 2.75) is 25.0 Å². The molecule has 5 rings (SSSR count). The van der Waals surface area contributed by atoms with E-state index in [1.165, 1.54) is 17.3 Å². The minimum Gasteiger partial charge on any atom is -0.383 e. The minimum absolute atomic E-state index is 0.115. The number of thioether (sulfide) groups is 1. The lowest BCUT2D eigenvalue weighted by atomic mass is 10.2. The highest BCUT2D eigenvalue weighted by molar-refractivity contribution is 7.99. The van der Waals surface area contributed by atoms with Crippen LogP contribution in [0.3, 0.4) is 0 Å². The number of methoxy groups -OCH3 is 1. The molecule has 9 heteroatoms. The first-order chi connectivity index (χ1) is 17.9. The van der Waals surface area contributed by atoms with Gasteiger partial charge in [-0.1, -0.05) is 30.0 Å². The number of anilines is 1. The molecule has 37 heavy (non-hydrogen) atoms. The fraction of sp³-hybridized carbons (Fsp3) is 0.214. The van der Waals surface area contributed by atoms with Crippen molar-refractivity contribution in [3.63, 3.8) is 0 Å². The number of nitrogens with one attached hydrogen (secondary N) is 1. The third-order valence-electron chi connectivity index (χ3n) is 5.92. The standard InChI is InChI=1S/C28H26N4O3S2/c1-17-8-13-23-24(14-17)37-26(30-23)19-9-11-20(12-10-19)29-25(33)16-36-28-31-22-7-5-4-6-21(22)27(34)32(28)18(2)15-35-3/h4-14,18H,15-16H2,1-3H3,(H,29,33)/t18-/m0/s1. The molecular formula is C28H26N4O3S2. The Kier molecular flexibility index (Phi) is 7.36. The molecule has 1 amide bonds. The van der Waals surface area contributed by atoms with Gasteiger partial charge in [0.05, 0.1) is 39.5 Å². The van der Waals surface area contributed by atoms with Crippen molar-refractivity contribution >= 4 is 55.8 Å². The summed E-state index contributed by atoms with van der Waals surface area (Å²) >= 11 is 2.89. The first-order valence-corrected chi connectivity index (χ1v) is 13.6. The van der Waals surface area contributed by atoms with Crippen LogP contribution in [0.2, 0.25) is 0 Å². The van der Waals surface area contributed by atoms with Gasteiger partial charge in [-0.3, -0.25) is 14.2 Å². The molecule has 5 aromatic rings. The van der Waals surface area contributed by atoms with Gasteiger partial charge in [-0.2, -0.15) is 0 Å². The van der Waals surface area contributed by atoms with Crippen LogP contribution in [-0.2, 0) is 9.53 Å². The number of hydrogen-bond acceptors (Lipinski definition) is 7. The maximum atomic E-state index is 13.2. The number of nitrogens with zero attached hydrogens (tertiary/aromatic N) is 3. The number of carbonyl (C=O) groups is 1. The van der Waals surface area contributed by atoms with E-state index in [9.17, 15) is 9.59 Å². The monoisotopic (exact) mass is 530 g/mol. The van der Waals surface area contributed by atoms with Gasteiger partial charge in [-0.15, -0.1) is 11.3 Å². The number of thiazole rings is 1. The summed E-state index contributed by atoms with van der Waals surface area (Å²) in [5.74, 6) is -0.0646. The normalized spacial score (nSPS) is 12.2. The zero-order chi connectivity index (χ0) is 25.9. The number of ether oxygens (including phenoxy) is 1. The molecule has 0 fully saturated rings. The number of amides is 1. The van der Waals surface area contributed by atoms with E-state index in [0.29, 0.717) is 28.4 Å². The lowest BCUT2D eigenvalue weighted by molar-refractivity contribution is -0.113.